The maximum absolute atomic E-state index is 14.6. The average Bonchev–Trinajstić information content (AvgIpc) is 2.99. The van der Waals surface area contributed by atoms with E-state index in [-0.39, 0.29) is 20.9 Å². The zero-order valence-corrected chi connectivity index (χ0v) is 39.0. The Morgan fingerprint density at radius 1 is 0.462 bits per heavy atom. The van der Waals surface area contributed by atoms with Crippen molar-refractivity contribution < 1.29 is 81.4 Å². The molecule has 0 aromatic heterocycles. The van der Waals surface area contributed by atoms with Crippen molar-refractivity contribution in [1.82, 2.24) is 0 Å². The monoisotopic (exact) mass is 900 g/mol. The van der Waals surface area contributed by atoms with Gasteiger partial charge in [0, 0.05) is 74.4 Å². The molecule has 4 unspecified atom stereocenters. The van der Waals surface area contributed by atoms with Gasteiger partial charge in [-0.15, -0.1) is 0 Å². The molecule has 1 aliphatic heterocycles. The zero-order valence-electron chi connectivity index (χ0n) is 31.0. The molecule has 52 heavy (non-hydrogen) atoms. The maximum Gasteiger partial charge on any atom is 0.665 e. The zero-order chi connectivity index (χ0) is 38.8. The molecule has 1 aromatic rings. The van der Waals surface area contributed by atoms with Crippen molar-refractivity contribution in [2.75, 3.05) is 42.7 Å². The fourth-order valence-corrected chi connectivity index (χ4v) is 37.3. The normalized spacial score (nSPS) is 28.6. The first-order valence-electron chi connectivity index (χ1n) is 15.1. The van der Waals surface area contributed by atoms with Crippen molar-refractivity contribution >= 4 is 69.9 Å². The highest BCUT2D eigenvalue weighted by atomic mass is 28.6. The number of hydrogen-bond acceptors (Lipinski definition) is 14. The standard InChI is InChI=1S/C23H49F5O14Si8.2CH4/c1-29-45(12)37-46(13,30-2)39-48(15,36-44(10,11)17-16-18-19(24)21(26)23(28)22(27)20(18)25)41-50(33-5,34-6)42-49(31-3,32-4)40-47(14,38-45)35-43(7,8)9;;/h16-17H2,1-15H3;2*1H4. The predicted molar refractivity (Wildman–Crippen MR) is 198 cm³/mol. The highest BCUT2D eigenvalue weighted by molar-refractivity contribution is 6.91. The molecule has 0 spiro atoms. The topological polar surface area (TPSA) is 129 Å². The van der Waals surface area contributed by atoms with E-state index in [0.29, 0.717) is 0 Å². The van der Waals surface area contributed by atoms with Crippen molar-refractivity contribution in [3.05, 3.63) is 34.6 Å². The molecule has 2 rings (SSSR count). The maximum atomic E-state index is 14.6. The molecule has 1 aromatic carbocycles. The highest BCUT2D eigenvalue weighted by Gasteiger charge is 2.68. The Morgan fingerprint density at radius 2 is 0.788 bits per heavy atom. The van der Waals surface area contributed by atoms with Crippen LogP contribution >= 0.6 is 0 Å². The van der Waals surface area contributed by atoms with Gasteiger partial charge in [-0.25, -0.2) is 22.0 Å². The van der Waals surface area contributed by atoms with E-state index >= 15 is 0 Å². The van der Waals surface area contributed by atoms with Gasteiger partial charge in [0.1, 0.15) is 0 Å². The number of rotatable bonds is 13. The molecule has 1 aliphatic rings. The molecule has 0 amide bonds. The second-order valence-corrected chi connectivity index (χ2v) is 39.0. The van der Waals surface area contributed by atoms with Crippen LogP contribution in [-0.4, -0.2) is 113 Å². The summed E-state index contributed by atoms with van der Waals surface area (Å²) in [6.45, 7) is 15.2. The quantitative estimate of drug-likeness (QED) is 0.0937. The summed E-state index contributed by atoms with van der Waals surface area (Å²) in [5.74, 6) is -10.2. The minimum absolute atomic E-state index is 0. The van der Waals surface area contributed by atoms with Crippen LogP contribution in [0.25, 0.3) is 0 Å². The van der Waals surface area contributed by atoms with Crippen molar-refractivity contribution in [3.63, 3.8) is 0 Å². The van der Waals surface area contributed by atoms with Crippen molar-refractivity contribution in [2.24, 2.45) is 0 Å². The van der Waals surface area contributed by atoms with E-state index in [4.69, 9.17) is 59.5 Å². The number of benzene rings is 1. The fourth-order valence-electron chi connectivity index (χ4n) is 4.90. The molecule has 14 nitrogen and oxygen atoms in total. The first-order valence-corrected chi connectivity index (χ1v) is 33.8. The highest BCUT2D eigenvalue weighted by Crippen LogP contribution is 2.36. The third-order valence-corrected chi connectivity index (χ3v) is 35.4. The Balaban J connectivity index is 0.0000130. The number of hydrogen-bond donors (Lipinski definition) is 0. The summed E-state index contributed by atoms with van der Waals surface area (Å²) < 4.78 is 157. The molecule has 27 heteroatoms. The molecule has 0 saturated carbocycles. The van der Waals surface area contributed by atoms with Gasteiger partial charge in [0.2, 0.25) is 5.82 Å². The molecule has 1 heterocycles. The summed E-state index contributed by atoms with van der Waals surface area (Å²) in [5, 5.41) is 0. The third-order valence-electron chi connectivity index (χ3n) is 6.96. The van der Waals surface area contributed by atoms with Crippen LogP contribution in [0.5, 0.6) is 0 Å². The van der Waals surface area contributed by atoms with Gasteiger partial charge in [-0.3, -0.25) is 0 Å². The van der Waals surface area contributed by atoms with Crippen LogP contribution in [0, 0.1) is 29.1 Å². The van der Waals surface area contributed by atoms with Gasteiger partial charge in [-0.2, -0.15) is 0 Å². The van der Waals surface area contributed by atoms with Gasteiger partial charge < -0.3 is 59.5 Å². The summed E-state index contributed by atoms with van der Waals surface area (Å²) in [7, 11) is -22.9. The SMILES string of the molecule is C.C.CO[Si]1(C)O[Si](C)(OC)O[Si](C)(O[Si](C)(C)CCc2c(F)c(F)c(F)c(F)c2F)O[Si](OC)(OC)O[Si](OC)(OC)O[Si](C)(O[Si](C)(C)C)O1. The predicted octanol–water partition coefficient (Wildman–Crippen LogP) is 6.41. The van der Waals surface area contributed by atoms with Crippen molar-refractivity contribution in [1.29, 1.82) is 0 Å². The van der Waals surface area contributed by atoms with Crippen LogP contribution in [0.1, 0.15) is 20.4 Å². The van der Waals surface area contributed by atoms with Crippen LogP contribution < -0.4 is 0 Å². The van der Waals surface area contributed by atoms with E-state index in [1.165, 1.54) is 55.8 Å². The largest absolute Gasteiger partial charge is 0.665 e. The van der Waals surface area contributed by atoms with Crippen molar-refractivity contribution in [2.45, 2.75) is 86.2 Å². The first-order chi connectivity index (χ1) is 22.7. The molecule has 0 N–H and O–H groups in total. The fraction of sp³-hybridized carbons (Fsp3) is 0.760. The van der Waals surface area contributed by atoms with Gasteiger partial charge in [-0.1, -0.05) is 14.9 Å². The summed E-state index contributed by atoms with van der Waals surface area (Å²) >= 11 is 0. The Labute approximate surface area is 314 Å². The van der Waals surface area contributed by atoms with E-state index in [2.05, 4.69) is 0 Å². The summed E-state index contributed by atoms with van der Waals surface area (Å²) in [4.78, 5) is 0. The van der Waals surface area contributed by atoms with Crippen molar-refractivity contribution in [3.8, 4) is 0 Å². The molecule has 1 saturated heterocycles. The van der Waals surface area contributed by atoms with Crippen LogP contribution in [0.15, 0.2) is 0 Å². The second-order valence-electron chi connectivity index (χ2n) is 12.9. The molecule has 1 fully saturated rings. The minimum atomic E-state index is -4.51. The van der Waals surface area contributed by atoms with Gasteiger partial charge in [0.25, 0.3) is 0 Å². The van der Waals surface area contributed by atoms with Crippen LogP contribution in [-0.2, 0) is 65.9 Å². The lowest BCUT2D eigenvalue weighted by Crippen LogP contribution is -2.73. The van der Waals surface area contributed by atoms with E-state index in [1.54, 1.807) is 26.2 Å². The molecule has 0 aliphatic carbocycles. The summed E-state index contributed by atoms with van der Waals surface area (Å²) in [5.41, 5.74) is -0.988. The van der Waals surface area contributed by atoms with Crippen LogP contribution in [0.4, 0.5) is 22.0 Å². The Bertz CT molecular complexity index is 1310. The first kappa shape index (κ1) is 52.0. The third kappa shape index (κ3) is 13.0. The molecule has 0 bridgehead atoms. The Morgan fingerprint density at radius 3 is 1.12 bits per heavy atom. The molecular weight excluding hydrogens is 844 g/mol. The average molecular weight is 901 g/mol. The molecule has 4 atom stereocenters. The van der Waals surface area contributed by atoms with Crippen LogP contribution in [0.3, 0.4) is 0 Å². The molecule has 308 valence electrons. The lowest BCUT2D eigenvalue weighted by Gasteiger charge is -2.47. The summed E-state index contributed by atoms with van der Waals surface area (Å²) in [6.07, 6.45) is -0.571. The van der Waals surface area contributed by atoms with Gasteiger partial charge in [0.05, 0.1) is 0 Å². The van der Waals surface area contributed by atoms with Crippen LogP contribution in [0.2, 0.25) is 65.0 Å². The number of halogens is 5. The smallest absolute Gasteiger partial charge is 0.417 e. The Hall–Kier alpha value is 0.0451. The summed E-state index contributed by atoms with van der Waals surface area (Å²) in [6, 6.07) is -0.161. The van der Waals surface area contributed by atoms with E-state index < -0.39 is 111 Å². The van der Waals surface area contributed by atoms with Gasteiger partial charge >= 0.3 is 53.3 Å². The van der Waals surface area contributed by atoms with Gasteiger partial charge in [-0.05, 0) is 45.2 Å². The minimum Gasteiger partial charge on any atom is -0.417 e. The lowest BCUT2D eigenvalue weighted by molar-refractivity contribution is -0.0224. The van der Waals surface area contributed by atoms with Gasteiger partial charge in [0.15, 0.2) is 39.9 Å². The van der Waals surface area contributed by atoms with E-state index in [1.807, 2.05) is 19.6 Å². The Kier molecular flexibility index (Phi) is 19.0. The molecule has 0 radical (unpaired) electrons. The second kappa shape index (κ2) is 19.0. The van der Waals surface area contributed by atoms with E-state index in [9.17, 15) is 22.0 Å². The lowest BCUT2D eigenvalue weighted by atomic mass is 10.1. The molecular formula is C25H57F5O14Si8. The van der Waals surface area contributed by atoms with E-state index in [0.717, 1.165) is 0 Å².